The smallest absolute Gasteiger partial charge is 0.232 e. The first-order chi connectivity index (χ1) is 14.2. The van der Waals surface area contributed by atoms with E-state index in [2.05, 4.69) is 10.3 Å². The Bertz CT molecular complexity index is 1230. The molecule has 30 heavy (non-hydrogen) atoms. The Morgan fingerprint density at radius 2 is 1.90 bits per heavy atom. The molecule has 158 valence electrons. The normalized spacial score (nSPS) is 11.6. The number of aldehydes is 1. The lowest BCUT2D eigenvalue weighted by atomic mass is 9.99. The lowest BCUT2D eigenvalue weighted by Crippen LogP contribution is -2.28. The van der Waals surface area contributed by atoms with Crippen molar-refractivity contribution in [3.63, 3.8) is 0 Å². The number of anilines is 1. The average molecular weight is 450 g/mol. The quantitative estimate of drug-likeness (QED) is 0.474. The first-order valence-corrected chi connectivity index (χ1v) is 11.1. The highest BCUT2D eigenvalue weighted by molar-refractivity contribution is 7.92. The lowest BCUT2D eigenvalue weighted by molar-refractivity contribution is 0.112. The molecule has 0 atom stereocenters. The number of para-hydroxylation sites is 1. The van der Waals surface area contributed by atoms with Gasteiger partial charge in [0.15, 0.2) is 12.0 Å². The number of sulfonamides is 1. The molecule has 0 bridgehead atoms. The topological polar surface area (TPSA) is 120 Å². The Morgan fingerprint density at radius 3 is 2.57 bits per heavy atom. The number of carbonyl (C=O) groups excluding carboxylic acids is 1. The fraction of sp³-hybridized carbons (Fsp3) is 0.200. The molecule has 3 rings (SSSR count). The van der Waals surface area contributed by atoms with Gasteiger partial charge in [-0.2, -0.15) is 0 Å². The van der Waals surface area contributed by atoms with Crippen LogP contribution in [0.3, 0.4) is 0 Å². The van der Waals surface area contributed by atoms with Crippen LogP contribution in [0.15, 0.2) is 36.5 Å². The molecule has 0 spiro atoms. The van der Waals surface area contributed by atoms with Crippen molar-refractivity contribution in [3.05, 3.63) is 58.2 Å². The highest BCUT2D eigenvalue weighted by Crippen LogP contribution is 2.39. The SMILES string of the molecule is CN(c1c(CNCc2cccc(Cl)c2O)c(C=O)c(O)c2ncccc12)S(C)(=O)=O. The van der Waals surface area contributed by atoms with E-state index in [9.17, 15) is 23.4 Å². The van der Waals surface area contributed by atoms with Gasteiger partial charge in [0, 0.05) is 42.8 Å². The molecule has 3 N–H and O–H groups in total. The average Bonchev–Trinajstić information content (AvgIpc) is 2.70. The number of nitrogens with zero attached hydrogens (tertiary/aromatic N) is 2. The molecule has 3 aromatic rings. The number of pyridine rings is 1. The van der Waals surface area contributed by atoms with Gasteiger partial charge >= 0.3 is 0 Å². The molecule has 10 heteroatoms. The largest absolute Gasteiger partial charge is 0.506 e. The molecular formula is C20H20ClN3O5S. The summed E-state index contributed by atoms with van der Waals surface area (Å²) in [5.74, 6) is -0.394. The Kier molecular flexibility index (Phi) is 6.16. The summed E-state index contributed by atoms with van der Waals surface area (Å²) in [5.41, 5.74) is 1.12. The summed E-state index contributed by atoms with van der Waals surface area (Å²) >= 11 is 5.92. The molecule has 0 unspecified atom stereocenters. The van der Waals surface area contributed by atoms with Gasteiger partial charge in [0.2, 0.25) is 10.0 Å². The summed E-state index contributed by atoms with van der Waals surface area (Å²) in [7, 11) is -2.30. The number of aromatic nitrogens is 1. The van der Waals surface area contributed by atoms with E-state index < -0.39 is 10.0 Å². The second-order valence-electron chi connectivity index (χ2n) is 6.69. The second kappa shape index (κ2) is 8.47. The summed E-state index contributed by atoms with van der Waals surface area (Å²) in [6.45, 7) is 0.228. The predicted molar refractivity (Wildman–Crippen MR) is 116 cm³/mol. The zero-order valence-corrected chi connectivity index (χ0v) is 17.8. The highest BCUT2D eigenvalue weighted by atomic mass is 35.5. The molecule has 8 nitrogen and oxygen atoms in total. The zero-order valence-electron chi connectivity index (χ0n) is 16.3. The van der Waals surface area contributed by atoms with E-state index in [-0.39, 0.29) is 51.9 Å². The van der Waals surface area contributed by atoms with Crippen molar-refractivity contribution in [2.45, 2.75) is 13.1 Å². The first-order valence-electron chi connectivity index (χ1n) is 8.85. The minimum Gasteiger partial charge on any atom is -0.506 e. The van der Waals surface area contributed by atoms with Crippen molar-refractivity contribution >= 4 is 44.5 Å². The first kappa shape index (κ1) is 21.8. The van der Waals surface area contributed by atoms with Crippen LogP contribution in [-0.4, -0.2) is 43.2 Å². The number of phenolic OH excluding ortho intramolecular Hbond substituents is 2. The zero-order chi connectivity index (χ0) is 22.1. The Morgan fingerprint density at radius 1 is 1.17 bits per heavy atom. The summed E-state index contributed by atoms with van der Waals surface area (Å²) in [6.07, 6.45) is 2.96. The molecule has 2 aromatic carbocycles. The molecule has 0 amide bonds. The standard InChI is InChI=1S/C20H20ClN3O5S/c1-24(30(2,28)29)18-13-6-4-8-23-17(13)20(27)15(11-25)14(18)10-22-9-12-5-3-7-16(21)19(12)26/h3-8,11,22,26-27H,9-10H2,1-2H3. The van der Waals surface area contributed by atoms with E-state index in [4.69, 9.17) is 11.6 Å². The number of aromatic hydroxyl groups is 2. The lowest BCUT2D eigenvalue weighted by Gasteiger charge is -2.24. The number of fused-ring (bicyclic) bond motifs is 1. The van der Waals surface area contributed by atoms with Crippen LogP contribution in [0, 0.1) is 0 Å². The molecular weight excluding hydrogens is 430 g/mol. The van der Waals surface area contributed by atoms with Crippen LogP contribution >= 0.6 is 11.6 Å². The van der Waals surface area contributed by atoms with Crippen molar-refractivity contribution in [2.75, 3.05) is 17.6 Å². The van der Waals surface area contributed by atoms with Gasteiger partial charge in [0.1, 0.15) is 11.3 Å². The molecule has 0 fully saturated rings. The molecule has 1 aromatic heterocycles. The molecule has 0 saturated heterocycles. The van der Waals surface area contributed by atoms with Gasteiger partial charge in [0.25, 0.3) is 0 Å². The van der Waals surface area contributed by atoms with Gasteiger partial charge < -0.3 is 15.5 Å². The van der Waals surface area contributed by atoms with Crippen molar-refractivity contribution in [1.82, 2.24) is 10.3 Å². The summed E-state index contributed by atoms with van der Waals surface area (Å²) in [5, 5.41) is 24.3. The van der Waals surface area contributed by atoms with Crippen LogP contribution in [0.25, 0.3) is 10.9 Å². The molecule has 1 heterocycles. The van der Waals surface area contributed by atoms with Crippen LogP contribution < -0.4 is 9.62 Å². The minimum absolute atomic E-state index is 0.0353. The predicted octanol–water partition coefficient (Wildman–Crippen LogP) is 2.80. The van der Waals surface area contributed by atoms with E-state index in [0.717, 1.165) is 10.6 Å². The number of hydrogen-bond donors (Lipinski definition) is 3. The fourth-order valence-corrected chi connectivity index (χ4v) is 3.94. The Balaban J connectivity index is 2.12. The number of carbonyl (C=O) groups is 1. The molecule has 0 aliphatic carbocycles. The van der Waals surface area contributed by atoms with E-state index in [1.165, 1.54) is 13.2 Å². The van der Waals surface area contributed by atoms with Gasteiger partial charge in [-0.15, -0.1) is 0 Å². The van der Waals surface area contributed by atoms with Crippen molar-refractivity contribution in [2.24, 2.45) is 0 Å². The number of benzene rings is 2. The number of nitrogens with one attached hydrogen (secondary N) is 1. The number of halogens is 1. The summed E-state index contributed by atoms with van der Waals surface area (Å²) in [4.78, 5) is 15.9. The monoisotopic (exact) mass is 449 g/mol. The third-order valence-corrected chi connectivity index (χ3v) is 6.25. The minimum atomic E-state index is -3.67. The van der Waals surface area contributed by atoms with Crippen LogP contribution in [0.1, 0.15) is 21.5 Å². The van der Waals surface area contributed by atoms with Gasteiger partial charge in [-0.25, -0.2) is 8.42 Å². The number of phenols is 2. The fourth-order valence-electron chi connectivity index (χ4n) is 3.20. The van der Waals surface area contributed by atoms with Crippen molar-refractivity contribution in [1.29, 1.82) is 0 Å². The Hall–Kier alpha value is -2.88. The van der Waals surface area contributed by atoms with Crippen molar-refractivity contribution in [3.8, 4) is 11.5 Å². The van der Waals surface area contributed by atoms with Crippen LogP contribution in [0.2, 0.25) is 5.02 Å². The molecule has 0 radical (unpaired) electrons. The second-order valence-corrected chi connectivity index (χ2v) is 9.11. The van der Waals surface area contributed by atoms with Crippen LogP contribution in [0.5, 0.6) is 11.5 Å². The maximum absolute atomic E-state index is 12.3. The van der Waals surface area contributed by atoms with E-state index in [1.807, 2.05) is 0 Å². The molecule has 0 aliphatic rings. The molecule has 0 saturated carbocycles. The van der Waals surface area contributed by atoms with Gasteiger partial charge in [-0.1, -0.05) is 23.7 Å². The molecule has 0 aliphatic heterocycles. The van der Waals surface area contributed by atoms with Crippen LogP contribution in [-0.2, 0) is 23.1 Å². The van der Waals surface area contributed by atoms with E-state index in [0.29, 0.717) is 17.2 Å². The third kappa shape index (κ3) is 4.04. The van der Waals surface area contributed by atoms with Gasteiger partial charge in [0.05, 0.1) is 22.5 Å². The number of rotatable bonds is 7. The summed E-state index contributed by atoms with van der Waals surface area (Å²) in [6, 6.07) is 8.16. The van der Waals surface area contributed by atoms with Crippen LogP contribution in [0.4, 0.5) is 5.69 Å². The van der Waals surface area contributed by atoms with Crippen molar-refractivity contribution < 1.29 is 23.4 Å². The highest BCUT2D eigenvalue weighted by Gasteiger charge is 2.25. The maximum atomic E-state index is 12.3. The number of hydrogen-bond acceptors (Lipinski definition) is 7. The van der Waals surface area contributed by atoms with E-state index >= 15 is 0 Å². The van der Waals surface area contributed by atoms with Gasteiger partial charge in [-0.05, 0) is 18.2 Å². The Labute approximate surface area is 178 Å². The summed E-state index contributed by atoms with van der Waals surface area (Å²) < 4.78 is 25.6. The maximum Gasteiger partial charge on any atom is 0.232 e. The van der Waals surface area contributed by atoms with Gasteiger partial charge in [-0.3, -0.25) is 14.1 Å². The third-order valence-electron chi connectivity index (χ3n) is 4.77. The van der Waals surface area contributed by atoms with E-state index in [1.54, 1.807) is 30.3 Å².